The highest BCUT2D eigenvalue weighted by molar-refractivity contribution is 6.30. The van der Waals surface area contributed by atoms with Crippen LogP contribution in [-0.2, 0) is 13.2 Å². The average Bonchev–Trinajstić information content (AvgIpc) is 2.69. The van der Waals surface area contributed by atoms with Crippen LogP contribution in [0.15, 0.2) is 36.5 Å². The van der Waals surface area contributed by atoms with Crippen LogP contribution in [0.3, 0.4) is 0 Å². The first kappa shape index (κ1) is 11.2. The van der Waals surface area contributed by atoms with Crippen molar-refractivity contribution in [3.8, 4) is 0 Å². The van der Waals surface area contributed by atoms with Crippen molar-refractivity contribution in [2.24, 2.45) is 0 Å². The molecule has 0 aliphatic rings. The third-order valence-electron chi connectivity index (χ3n) is 2.44. The molecule has 1 aromatic heterocycles. The molecule has 0 unspecified atom stereocenters. The van der Waals surface area contributed by atoms with Gasteiger partial charge in [0.2, 0.25) is 0 Å². The second kappa shape index (κ2) is 4.68. The van der Waals surface area contributed by atoms with Gasteiger partial charge in [0, 0.05) is 22.5 Å². The number of halogens is 2. The lowest BCUT2D eigenvalue weighted by Crippen LogP contribution is -2.04. The van der Waals surface area contributed by atoms with Crippen molar-refractivity contribution in [2.75, 3.05) is 0 Å². The molecule has 4 heteroatoms. The molecule has 2 aromatic rings. The maximum atomic E-state index is 13.5. The van der Waals surface area contributed by atoms with Gasteiger partial charge in [0.05, 0.1) is 13.2 Å². The average molecular weight is 240 g/mol. The number of hydrogen-bond donors (Lipinski definition) is 1. The fourth-order valence-corrected chi connectivity index (χ4v) is 1.74. The Labute approximate surface area is 97.9 Å². The van der Waals surface area contributed by atoms with Crippen molar-refractivity contribution in [1.29, 1.82) is 0 Å². The second-order valence-electron chi connectivity index (χ2n) is 3.52. The van der Waals surface area contributed by atoms with Crippen molar-refractivity contribution in [2.45, 2.75) is 13.2 Å². The van der Waals surface area contributed by atoms with Crippen molar-refractivity contribution >= 4 is 11.6 Å². The molecular formula is C12H11ClFNO. The molecule has 0 amide bonds. The lowest BCUT2D eigenvalue weighted by Gasteiger charge is -2.08. The van der Waals surface area contributed by atoms with Gasteiger partial charge in [0.15, 0.2) is 0 Å². The summed E-state index contributed by atoms with van der Waals surface area (Å²) in [6.07, 6.45) is 1.81. The van der Waals surface area contributed by atoms with Crippen molar-refractivity contribution in [3.63, 3.8) is 0 Å². The zero-order valence-electron chi connectivity index (χ0n) is 8.53. The van der Waals surface area contributed by atoms with E-state index in [0.29, 0.717) is 17.1 Å². The van der Waals surface area contributed by atoms with Crippen LogP contribution in [0.1, 0.15) is 11.3 Å². The van der Waals surface area contributed by atoms with Crippen LogP contribution >= 0.6 is 11.6 Å². The Hall–Kier alpha value is -1.32. The highest BCUT2D eigenvalue weighted by atomic mass is 35.5. The summed E-state index contributed by atoms with van der Waals surface area (Å²) in [5.41, 5.74) is 1.31. The zero-order chi connectivity index (χ0) is 11.5. The third-order valence-corrected chi connectivity index (χ3v) is 2.68. The summed E-state index contributed by atoms with van der Waals surface area (Å²) in [4.78, 5) is 0. The van der Waals surface area contributed by atoms with Crippen molar-refractivity contribution in [3.05, 3.63) is 58.6 Å². The molecule has 0 atom stereocenters. The number of aromatic nitrogens is 1. The monoisotopic (exact) mass is 239 g/mol. The Morgan fingerprint density at radius 3 is 2.81 bits per heavy atom. The molecule has 84 valence electrons. The van der Waals surface area contributed by atoms with E-state index >= 15 is 0 Å². The fraction of sp³-hybridized carbons (Fsp3) is 0.167. The van der Waals surface area contributed by atoms with E-state index in [1.165, 1.54) is 6.07 Å². The van der Waals surface area contributed by atoms with Gasteiger partial charge in [-0.15, -0.1) is 0 Å². The van der Waals surface area contributed by atoms with Gasteiger partial charge >= 0.3 is 0 Å². The Kier molecular flexibility index (Phi) is 3.27. The lowest BCUT2D eigenvalue weighted by molar-refractivity contribution is 0.271. The van der Waals surface area contributed by atoms with E-state index in [9.17, 15) is 4.39 Å². The maximum absolute atomic E-state index is 13.5. The van der Waals surface area contributed by atoms with E-state index in [4.69, 9.17) is 16.7 Å². The summed E-state index contributed by atoms with van der Waals surface area (Å²) in [5.74, 6) is -0.329. The molecule has 0 fully saturated rings. The van der Waals surface area contributed by atoms with Crippen molar-refractivity contribution in [1.82, 2.24) is 4.57 Å². The van der Waals surface area contributed by atoms with Gasteiger partial charge in [-0.2, -0.15) is 0 Å². The Bertz CT molecular complexity index is 496. The summed E-state index contributed by atoms with van der Waals surface area (Å²) in [6.45, 7) is 0.341. The van der Waals surface area contributed by atoms with E-state index in [0.717, 1.165) is 5.69 Å². The van der Waals surface area contributed by atoms with Gasteiger partial charge in [0.25, 0.3) is 0 Å². The minimum atomic E-state index is -0.329. The van der Waals surface area contributed by atoms with Gasteiger partial charge < -0.3 is 9.67 Å². The van der Waals surface area contributed by atoms with E-state index in [-0.39, 0.29) is 12.4 Å². The first-order valence-corrected chi connectivity index (χ1v) is 5.27. The first-order chi connectivity index (χ1) is 7.70. The Morgan fingerprint density at radius 1 is 1.31 bits per heavy atom. The minimum Gasteiger partial charge on any atom is -0.390 e. The van der Waals surface area contributed by atoms with Gasteiger partial charge in [-0.25, -0.2) is 4.39 Å². The molecule has 1 aromatic carbocycles. The van der Waals surface area contributed by atoms with Gasteiger partial charge in [-0.1, -0.05) is 17.7 Å². The third kappa shape index (κ3) is 2.26. The van der Waals surface area contributed by atoms with Crippen LogP contribution in [-0.4, -0.2) is 9.67 Å². The van der Waals surface area contributed by atoms with Crippen LogP contribution in [0, 0.1) is 5.82 Å². The molecule has 1 heterocycles. The summed E-state index contributed by atoms with van der Waals surface area (Å²) < 4.78 is 15.3. The molecule has 16 heavy (non-hydrogen) atoms. The highest BCUT2D eigenvalue weighted by Crippen LogP contribution is 2.16. The lowest BCUT2D eigenvalue weighted by atomic mass is 10.2. The number of rotatable bonds is 3. The first-order valence-electron chi connectivity index (χ1n) is 4.89. The van der Waals surface area contributed by atoms with Crippen LogP contribution in [0.25, 0.3) is 0 Å². The molecule has 0 aliphatic carbocycles. The van der Waals surface area contributed by atoms with E-state index in [2.05, 4.69) is 0 Å². The second-order valence-corrected chi connectivity index (χ2v) is 3.96. The normalized spacial score (nSPS) is 10.7. The standard InChI is InChI=1S/C12H11ClFNO/c13-10-4-3-9(12(14)6-10)7-15-5-1-2-11(15)8-16/h1-6,16H,7-8H2. The van der Waals surface area contributed by atoms with Crippen LogP contribution in [0.4, 0.5) is 4.39 Å². The molecule has 0 saturated heterocycles. The largest absolute Gasteiger partial charge is 0.390 e. The predicted octanol–water partition coefficient (Wildman–Crippen LogP) is 2.82. The number of benzene rings is 1. The Morgan fingerprint density at radius 2 is 2.12 bits per heavy atom. The van der Waals surface area contributed by atoms with Gasteiger partial charge in [-0.3, -0.25) is 0 Å². The van der Waals surface area contributed by atoms with E-state index in [1.807, 2.05) is 6.07 Å². The number of hydrogen-bond acceptors (Lipinski definition) is 1. The summed E-state index contributed by atoms with van der Waals surface area (Å²) in [7, 11) is 0. The van der Waals surface area contributed by atoms with Gasteiger partial charge in [0.1, 0.15) is 5.82 Å². The van der Waals surface area contributed by atoms with Crippen LogP contribution in [0.2, 0.25) is 5.02 Å². The predicted molar refractivity (Wildman–Crippen MR) is 60.9 cm³/mol. The SMILES string of the molecule is OCc1cccn1Cc1ccc(Cl)cc1F. The molecule has 2 rings (SSSR count). The van der Waals surface area contributed by atoms with E-state index < -0.39 is 0 Å². The minimum absolute atomic E-state index is 0.0534. The van der Waals surface area contributed by atoms with Crippen LogP contribution < -0.4 is 0 Å². The number of aliphatic hydroxyl groups excluding tert-OH is 1. The Balaban J connectivity index is 2.27. The number of nitrogens with zero attached hydrogens (tertiary/aromatic N) is 1. The summed E-state index contributed by atoms with van der Waals surface area (Å²) in [6, 6.07) is 8.22. The van der Waals surface area contributed by atoms with Crippen molar-refractivity contribution < 1.29 is 9.50 Å². The maximum Gasteiger partial charge on any atom is 0.129 e. The smallest absolute Gasteiger partial charge is 0.129 e. The zero-order valence-corrected chi connectivity index (χ0v) is 9.28. The molecule has 1 N–H and O–H groups in total. The van der Waals surface area contributed by atoms with E-state index in [1.54, 1.807) is 29.0 Å². The molecule has 0 spiro atoms. The molecule has 0 saturated carbocycles. The summed E-state index contributed by atoms with van der Waals surface area (Å²) >= 11 is 5.67. The number of aliphatic hydroxyl groups is 1. The van der Waals surface area contributed by atoms with Crippen LogP contribution in [0.5, 0.6) is 0 Å². The fourth-order valence-electron chi connectivity index (χ4n) is 1.58. The quantitative estimate of drug-likeness (QED) is 0.876. The molecular weight excluding hydrogens is 229 g/mol. The molecule has 0 bridgehead atoms. The molecule has 2 nitrogen and oxygen atoms in total. The molecule has 0 aliphatic heterocycles. The van der Waals surface area contributed by atoms with Gasteiger partial charge in [-0.05, 0) is 24.3 Å². The highest BCUT2D eigenvalue weighted by Gasteiger charge is 2.05. The molecule has 0 radical (unpaired) electrons. The summed E-state index contributed by atoms with van der Waals surface area (Å²) in [5, 5.41) is 9.45. The topological polar surface area (TPSA) is 25.2 Å².